The number of rotatable bonds is 9. The Morgan fingerprint density at radius 2 is 1.77 bits per heavy atom. The average Bonchev–Trinajstić information content (AvgIpc) is 2.78. The zero-order chi connectivity index (χ0) is 21.3. The van der Waals surface area contributed by atoms with Gasteiger partial charge in [-0.3, -0.25) is 4.79 Å². The van der Waals surface area contributed by atoms with Crippen molar-refractivity contribution in [3.63, 3.8) is 0 Å². The van der Waals surface area contributed by atoms with Crippen LogP contribution in [0.15, 0.2) is 79.0 Å². The minimum Gasteiger partial charge on any atom is -0.439 e. The summed E-state index contributed by atoms with van der Waals surface area (Å²) in [5, 5.41) is 0. The second-order valence-corrected chi connectivity index (χ2v) is 7.16. The number of pyridine rings is 1. The number of carbonyl (C=O) groups is 1. The molecule has 1 heterocycles. The molecule has 0 saturated heterocycles. The summed E-state index contributed by atoms with van der Waals surface area (Å²) in [4.78, 5) is 17.5. The van der Waals surface area contributed by atoms with Crippen molar-refractivity contribution in [1.82, 2.24) is 9.88 Å². The Labute approximate surface area is 177 Å². The molecular formula is C25H27N3O2. The van der Waals surface area contributed by atoms with Crippen molar-refractivity contribution in [1.29, 1.82) is 0 Å². The molecule has 1 amide bonds. The topological polar surface area (TPSA) is 68.5 Å². The quantitative estimate of drug-likeness (QED) is 0.571. The average molecular weight is 402 g/mol. The monoisotopic (exact) mass is 401 g/mol. The Morgan fingerprint density at radius 1 is 1.03 bits per heavy atom. The Morgan fingerprint density at radius 3 is 2.37 bits per heavy atom. The van der Waals surface area contributed by atoms with Gasteiger partial charge in [0, 0.05) is 25.4 Å². The van der Waals surface area contributed by atoms with Gasteiger partial charge in [0.1, 0.15) is 5.75 Å². The van der Waals surface area contributed by atoms with Crippen LogP contribution < -0.4 is 10.5 Å². The maximum atomic E-state index is 11.1. The fraction of sp³-hybridized carbons (Fsp3) is 0.200. The number of ether oxygens (including phenoxy) is 1. The highest BCUT2D eigenvalue weighted by Crippen LogP contribution is 2.20. The minimum absolute atomic E-state index is 0.357. The molecule has 3 aromatic rings. The first-order valence-electron chi connectivity index (χ1n) is 9.97. The lowest BCUT2D eigenvalue weighted by Crippen LogP contribution is -2.23. The highest BCUT2D eigenvalue weighted by atomic mass is 16.5. The summed E-state index contributed by atoms with van der Waals surface area (Å²) in [6.07, 6.45) is 4.55. The number of nitrogens with two attached hydrogens (primary N) is 1. The van der Waals surface area contributed by atoms with E-state index in [-0.39, 0.29) is 0 Å². The lowest BCUT2D eigenvalue weighted by atomic mass is 10.1. The standard InChI is InChI=1S/C25H27N3O2/c1-3-20(21-7-5-4-6-8-21)18-28(2)16-15-19-9-12-23(13-10-19)30-24-14-11-22(17-27-24)25(26)29/h3-14,17H,15-16,18H2,1-2H3,(H2,26,29)/b20-3-. The largest absolute Gasteiger partial charge is 0.439 e. The van der Waals surface area contributed by atoms with Gasteiger partial charge in [0.25, 0.3) is 0 Å². The molecule has 0 aliphatic carbocycles. The predicted molar refractivity (Wildman–Crippen MR) is 121 cm³/mol. The van der Waals surface area contributed by atoms with Crippen molar-refractivity contribution in [2.75, 3.05) is 20.1 Å². The zero-order valence-corrected chi connectivity index (χ0v) is 17.4. The molecule has 0 saturated carbocycles. The highest BCUT2D eigenvalue weighted by Gasteiger charge is 2.06. The van der Waals surface area contributed by atoms with E-state index in [9.17, 15) is 4.79 Å². The molecule has 5 heteroatoms. The summed E-state index contributed by atoms with van der Waals surface area (Å²) in [5.74, 6) is 0.618. The normalized spacial score (nSPS) is 11.5. The smallest absolute Gasteiger partial charge is 0.250 e. The summed E-state index contributed by atoms with van der Waals surface area (Å²) in [6.45, 7) is 3.96. The van der Waals surface area contributed by atoms with Crippen LogP contribution in [-0.2, 0) is 6.42 Å². The number of primary amides is 1. The molecule has 5 nitrogen and oxygen atoms in total. The van der Waals surface area contributed by atoms with E-state index < -0.39 is 5.91 Å². The molecule has 0 aliphatic heterocycles. The summed E-state index contributed by atoms with van der Waals surface area (Å²) < 4.78 is 5.73. The summed E-state index contributed by atoms with van der Waals surface area (Å²) in [6, 6.07) is 21.7. The lowest BCUT2D eigenvalue weighted by molar-refractivity contribution is 0.1000. The number of hydrogen-bond acceptors (Lipinski definition) is 4. The second-order valence-electron chi connectivity index (χ2n) is 7.16. The van der Waals surface area contributed by atoms with Gasteiger partial charge in [-0.1, -0.05) is 48.5 Å². The van der Waals surface area contributed by atoms with Crippen LogP contribution in [0.1, 0.15) is 28.4 Å². The van der Waals surface area contributed by atoms with Gasteiger partial charge in [-0.25, -0.2) is 4.98 Å². The molecule has 1 aromatic heterocycles. The van der Waals surface area contributed by atoms with Crippen molar-refractivity contribution >= 4 is 11.5 Å². The zero-order valence-electron chi connectivity index (χ0n) is 17.4. The maximum Gasteiger partial charge on any atom is 0.250 e. The molecule has 0 radical (unpaired) electrons. The molecule has 0 unspecified atom stereocenters. The van der Waals surface area contributed by atoms with Crippen molar-refractivity contribution < 1.29 is 9.53 Å². The van der Waals surface area contributed by atoms with E-state index >= 15 is 0 Å². The number of likely N-dealkylation sites (N-methyl/N-ethyl adjacent to an activating group) is 1. The fourth-order valence-corrected chi connectivity index (χ4v) is 3.12. The molecule has 0 spiro atoms. The first-order chi connectivity index (χ1) is 14.5. The predicted octanol–water partition coefficient (Wildman–Crippen LogP) is 4.55. The number of carbonyl (C=O) groups excluding carboxylic acids is 1. The van der Waals surface area contributed by atoms with Gasteiger partial charge in [-0.2, -0.15) is 0 Å². The molecule has 2 aromatic carbocycles. The Kier molecular flexibility index (Phi) is 7.35. The van der Waals surface area contributed by atoms with Crippen molar-refractivity contribution in [2.45, 2.75) is 13.3 Å². The number of allylic oxidation sites excluding steroid dienone is 1. The van der Waals surface area contributed by atoms with Crippen molar-refractivity contribution in [2.24, 2.45) is 5.73 Å². The Balaban J connectivity index is 1.51. The van der Waals surface area contributed by atoms with E-state index in [1.54, 1.807) is 12.1 Å². The van der Waals surface area contributed by atoms with Gasteiger partial charge in [-0.15, -0.1) is 0 Å². The first kappa shape index (κ1) is 21.3. The summed E-state index contributed by atoms with van der Waals surface area (Å²) >= 11 is 0. The third kappa shape index (κ3) is 6.03. The molecule has 154 valence electrons. The third-order valence-electron chi connectivity index (χ3n) is 4.88. The van der Waals surface area contributed by atoms with Gasteiger partial charge in [-0.05, 0) is 55.3 Å². The lowest BCUT2D eigenvalue weighted by Gasteiger charge is -2.19. The van der Waals surface area contributed by atoms with Crippen molar-refractivity contribution in [3.05, 3.63) is 95.7 Å². The van der Waals surface area contributed by atoms with Crippen LogP contribution >= 0.6 is 0 Å². The molecule has 0 atom stereocenters. The van der Waals surface area contributed by atoms with Crippen LogP contribution in [0.2, 0.25) is 0 Å². The summed E-state index contributed by atoms with van der Waals surface area (Å²) in [7, 11) is 2.14. The van der Waals surface area contributed by atoms with E-state index in [1.807, 2.05) is 18.2 Å². The number of hydrogen-bond donors (Lipinski definition) is 1. The van der Waals surface area contributed by atoms with E-state index in [2.05, 4.69) is 66.3 Å². The van der Waals surface area contributed by atoms with Gasteiger partial charge in [0.2, 0.25) is 11.8 Å². The number of nitrogens with zero attached hydrogens (tertiary/aromatic N) is 2. The molecule has 0 aliphatic rings. The van der Waals surface area contributed by atoms with Gasteiger partial charge < -0.3 is 15.4 Å². The van der Waals surface area contributed by atoms with Gasteiger partial charge in [0.05, 0.1) is 5.56 Å². The first-order valence-corrected chi connectivity index (χ1v) is 9.97. The van der Waals surface area contributed by atoms with Crippen LogP contribution in [-0.4, -0.2) is 35.9 Å². The van der Waals surface area contributed by atoms with Gasteiger partial charge in [0.15, 0.2) is 0 Å². The van der Waals surface area contributed by atoms with E-state index in [4.69, 9.17) is 10.5 Å². The molecule has 30 heavy (non-hydrogen) atoms. The molecule has 0 fully saturated rings. The molecule has 0 bridgehead atoms. The second kappa shape index (κ2) is 10.4. The maximum absolute atomic E-state index is 11.1. The van der Waals surface area contributed by atoms with E-state index in [0.29, 0.717) is 17.2 Å². The van der Waals surface area contributed by atoms with Crippen molar-refractivity contribution in [3.8, 4) is 11.6 Å². The third-order valence-corrected chi connectivity index (χ3v) is 4.88. The molecule has 3 rings (SSSR count). The highest BCUT2D eigenvalue weighted by molar-refractivity contribution is 5.92. The van der Waals surface area contributed by atoms with Crippen LogP contribution in [0, 0.1) is 0 Å². The molecular weight excluding hydrogens is 374 g/mol. The van der Waals surface area contributed by atoms with Crippen LogP contribution in [0.5, 0.6) is 11.6 Å². The fourth-order valence-electron chi connectivity index (χ4n) is 3.12. The SMILES string of the molecule is C/C=C(/CN(C)CCc1ccc(Oc2ccc(C(N)=O)cn2)cc1)c1ccccc1. The number of aromatic nitrogens is 1. The Hall–Kier alpha value is -3.44. The summed E-state index contributed by atoms with van der Waals surface area (Å²) in [5.41, 5.74) is 9.42. The minimum atomic E-state index is -0.506. The van der Waals surface area contributed by atoms with Crippen LogP contribution in [0.3, 0.4) is 0 Å². The van der Waals surface area contributed by atoms with Crippen LogP contribution in [0.25, 0.3) is 5.57 Å². The number of amides is 1. The van der Waals surface area contributed by atoms with Gasteiger partial charge >= 0.3 is 0 Å². The van der Waals surface area contributed by atoms with E-state index in [1.165, 1.54) is 22.9 Å². The van der Waals surface area contributed by atoms with Crippen LogP contribution in [0.4, 0.5) is 0 Å². The molecule has 2 N–H and O–H groups in total. The Bertz CT molecular complexity index is 981. The van der Waals surface area contributed by atoms with E-state index in [0.717, 1.165) is 19.5 Å². The number of benzene rings is 2.